The molecule has 0 atom stereocenters. The number of carbonyl (C=O) groups is 1. The first-order chi connectivity index (χ1) is 12.6. The zero-order valence-electron chi connectivity index (χ0n) is 15.3. The summed E-state index contributed by atoms with van der Waals surface area (Å²) in [6, 6.07) is 8.30. The molecule has 0 spiro atoms. The van der Waals surface area contributed by atoms with E-state index in [-0.39, 0.29) is 11.6 Å². The van der Waals surface area contributed by atoms with Crippen LogP contribution in [0.25, 0.3) is 17.4 Å². The molecule has 3 rings (SSSR count). The molecule has 0 aliphatic carbocycles. The first-order valence-corrected chi connectivity index (χ1v) is 9.44. The summed E-state index contributed by atoms with van der Waals surface area (Å²) in [5.74, 6) is 0.644. The highest BCUT2D eigenvalue weighted by Gasteiger charge is 2.39. The first kappa shape index (κ1) is 19.3. The van der Waals surface area contributed by atoms with Crippen LogP contribution in [0.3, 0.4) is 0 Å². The molecule has 1 aromatic heterocycles. The van der Waals surface area contributed by atoms with Crippen molar-refractivity contribution in [1.82, 2.24) is 4.90 Å². The molecule has 1 fully saturated rings. The van der Waals surface area contributed by atoms with E-state index in [1.54, 1.807) is 42.2 Å². The molecule has 2 aromatic rings. The lowest BCUT2D eigenvalue weighted by Crippen LogP contribution is -2.44. The third kappa shape index (κ3) is 3.81. The minimum atomic E-state index is -0.432. The van der Waals surface area contributed by atoms with E-state index in [1.807, 2.05) is 20.8 Å². The fourth-order valence-corrected chi connectivity index (χ4v) is 4.37. The van der Waals surface area contributed by atoms with Crippen LogP contribution in [0.5, 0.6) is 0 Å². The molecular formula is C19H18N2O4S2. The van der Waals surface area contributed by atoms with Crippen LogP contribution in [0, 0.1) is 17.0 Å². The second-order valence-electron chi connectivity index (χ2n) is 7.17. The highest BCUT2D eigenvalue weighted by molar-refractivity contribution is 8.26. The van der Waals surface area contributed by atoms with E-state index >= 15 is 0 Å². The van der Waals surface area contributed by atoms with Crippen molar-refractivity contribution < 1.29 is 14.1 Å². The second kappa shape index (κ2) is 6.94. The standard InChI is InChI=1S/C19H18N2O4S2/c1-11-5-7-13(14(9-11)21(23)24)15-8-6-12(25-15)10-16-17(22)20(18(26)27-16)19(2,3)4/h5-10H,1-4H3. The lowest BCUT2D eigenvalue weighted by molar-refractivity contribution is -0.384. The molecule has 1 aromatic carbocycles. The Morgan fingerprint density at radius 2 is 1.96 bits per heavy atom. The molecule has 0 radical (unpaired) electrons. The molecule has 6 nitrogen and oxygen atoms in total. The summed E-state index contributed by atoms with van der Waals surface area (Å²) in [5, 5.41) is 11.3. The van der Waals surface area contributed by atoms with Gasteiger partial charge in [0.05, 0.1) is 15.4 Å². The Bertz CT molecular complexity index is 986. The number of thioether (sulfide) groups is 1. The van der Waals surface area contributed by atoms with E-state index in [4.69, 9.17) is 16.6 Å². The Labute approximate surface area is 166 Å². The molecule has 0 unspecified atom stereocenters. The lowest BCUT2D eigenvalue weighted by atomic mass is 10.1. The topological polar surface area (TPSA) is 76.6 Å². The largest absolute Gasteiger partial charge is 0.456 e. The smallest absolute Gasteiger partial charge is 0.280 e. The summed E-state index contributed by atoms with van der Waals surface area (Å²) in [6.45, 7) is 7.55. The van der Waals surface area contributed by atoms with E-state index in [1.165, 1.54) is 17.8 Å². The highest BCUT2D eigenvalue weighted by Crippen LogP contribution is 2.38. The predicted octanol–water partition coefficient (Wildman–Crippen LogP) is 5.16. The molecule has 8 heteroatoms. The van der Waals surface area contributed by atoms with Crippen molar-refractivity contribution in [3.05, 3.63) is 56.7 Å². The maximum Gasteiger partial charge on any atom is 0.280 e. The SMILES string of the molecule is Cc1ccc(-c2ccc(C=C3SC(=S)N(C(C)(C)C)C3=O)o2)c([N+](=O)[O-])c1. The van der Waals surface area contributed by atoms with Gasteiger partial charge in [-0.25, -0.2) is 0 Å². The Kier molecular flexibility index (Phi) is 4.96. The number of carbonyl (C=O) groups excluding carboxylic acids is 1. The van der Waals surface area contributed by atoms with Crippen LogP contribution in [0.15, 0.2) is 39.7 Å². The number of furan rings is 1. The van der Waals surface area contributed by atoms with Crippen molar-refractivity contribution in [2.45, 2.75) is 33.2 Å². The number of benzene rings is 1. The number of hydrogen-bond acceptors (Lipinski definition) is 6. The van der Waals surface area contributed by atoms with Gasteiger partial charge < -0.3 is 4.42 Å². The number of amides is 1. The predicted molar refractivity (Wildman–Crippen MR) is 110 cm³/mol. The third-order valence-corrected chi connectivity index (χ3v) is 5.28. The van der Waals surface area contributed by atoms with Gasteiger partial charge in [-0.15, -0.1) is 0 Å². The summed E-state index contributed by atoms with van der Waals surface area (Å²) in [5.41, 5.74) is 0.763. The molecule has 0 saturated carbocycles. The first-order valence-electron chi connectivity index (χ1n) is 8.21. The zero-order valence-corrected chi connectivity index (χ0v) is 16.9. The van der Waals surface area contributed by atoms with Crippen molar-refractivity contribution in [3.8, 4) is 11.3 Å². The van der Waals surface area contributed by atoms with Crippen LogP contribution in [0.2, 0.25) is 0 Å². The average molecular weight is 402 g/mol. The number of rotatable bonds is 3. The Morgan fingerprint density at radius 3 is 2.56 bits per heavy atom. The van der Waals surface area contributed by atoms with Gasteiger partial charge in [-0.1, -0.05) is 30.0 Å². The molecular weight excluding hydrogens is 384 g/mol. The van der Waals surface area contributed by atoms with Crippen LogP contribution in [-0.2, 0) is 4.79 Å². The van der Waals surface area contributed by atoms with Crippen LogP contribution < -0.4 is 0 Å². The zero-order chi connectivity index (χ0) is 19.9. The molecule has 1 amide bonds. The van der Waals surface area contributed by atoms with E-state index < -0.39 is 10.5 Å². The normalized spacial score (nSPS) is 16.4. The molecule has 1 saturated heterocycles. The fourth-order valence-electron chi connectivity index (χ4n) is 2.75. The quantitative estimate of drug-likeness (QED) is 0.305. The Balaban J connectivity index is 1.94. The van der Waals surface area contributed by atoms with Crippen molar-refractivity contribution in [3.63, 3.8) is 0 Å². The third-order valence-electron chi connectivity index (χ3n) is 3.98. The number of aryl methyl sites for hydroxylation is 1. The molecule has 27 heavy (non-hydrogen) atoms. The number of nitro groups is 1. The molecule has 1 aliphatic rings. The van der Waals surface area contributed by atoms with Gasteiger partial charge in [-0.3, -0.25) is 19.8 Å². The van der Waals surface area contributed by atoms with Crippen LogP contribution in [0.4, 0.5) is 5.69 Å². The molecule has 1 aliphatic heterocycles. The van der Waals surface area contributed by atoms with Crippen molar-refractivity contribution >= 4 is 46.0 Å². The second-order valence-corrected chi connectivity index (χ2v) is 8.84. The number of thiocarbonyl (C=S) groups is 1. The summed E-state index contributed by atoms with van der Waals surface area (Å²) in [7, 11) is 0. The fraction of sp³-hybridized carbons (Fsp3) is 0.263. The van der Waals surface area contributed by atoms with E-state index in [0.29, 0.717) is 26.3 Å². The lowest BCUT2D eigenvalue weighted by Gasteiger charge is -2.30. The highest BCUT2D eigenvalue weighted by atomic mass is 32.2. The van der Waals surface area contributed by atoms with Gasteiger partial charge in [0, 0.05) is 17.7 Å². The minimum Gasteiger partial charge on any atom is -0.456 e. The van der Waals surface area contributed by atoms with Gasteiger partial charge >= 0.3 is 0 Å². The minimum absolute atomic E-state index is 0.0186. The molecule has 0 bridgehead atoms. The van der Waals surface area contributed by atoms with Gasteiger partial charge in [0.25, 0.3) is 11.6 Å². The number of nitrogens with zero attached hydrogens (tertiary/aromatic N) is 2. The maximum absolute atomic E-state index is 12.6. The van der Waals surface area contributed by atoms with Gasteiger partial charge in [-0.05, 0) is 51.5 Å². The van der Waals surface area contributed by atoms with Crippen LogP contribution in [-0.4, -0.2) is 25.6 Å². The molecule has 140 valence electrons. The van der Waals surface area contributed by atoms with Crippen LogP contribution >= 0.6 is 24.0 Å². The van der Waals surface area contributed by atoms with Crippen molar-refractivity contribution in [1.29, 1.82) is 0 Å². The summed E-state index contributed by atoms with van der Waals surface area (Å²) in [6.07, 6.45) is 1.62. The van der Waals surface area contributed by atoms with Gasteiger partial charge in [0.15, 0.2) is 0 Å². The van der Waals surface area contributed by atoms with E-state index in [2.05, 4.69) is 0 Å². The molecule has 2 heterocycles. The van der Waals surface area contributed by atoms with Crippen LogP contribution in [0.1, 0.15) is 32.1 Å². The van der Waals surface area contributed by atoms with Gasteiger partial charge in [0.1, 0.15) is 15.8 Å². The monoisotopic (exact) mass is 402 g/mol. The summed E-state index contributed by atoms with van der Waals surface area (Å²) < 4.78 is 6.26. The molecule has 0 N–H and O–H groups in total. The summed E-state index contributed by atoms with van der Waals surface area (Å²) in [4.78, 5) is 25.6. The Morgan fingerprint density at radius 1 is 1.26 bits per heavy atom. The van der Waals surface area contributed by atoms with E-state index in [0.717, 1.165) is 5.56 Å². The Hall–Kier alpha value is -2.45. The average Bonchev–Trinajstić information content (AvgIpc) is 3.11. The number of nitro benzene ring substituents is 1. The van der Waals surface area contributed by atoms with Gasteiger partial charge in [-0.2, -0.15) is 0 Å². The summed E-state index contributed by atoms with van der Waals surface area (Å²) >= 11 is 6.54. The van der Waals surface area contributed by atoms with Crippen molar-refractivity contribution in [2.75, 3.05) is 0 Å². The van der Waals surface area contributed by atoms with E-state index in [9.17, 15) is 14.9 Å². The maximum atomic E-state index is 12.6. The number of hydrogen-bond donors (Lipinski definition) is 0. The van der Waals surface area contributed by atoms with Gasteiger partial charge in [0.2, 0.25) is 0 Å². The van der Waals surface area contributed by atoms with Crippen molar-refractivity contribution in [2.24, 2.45) is 0 Å².